The minimum atomic E-state index is -0.908. The molecular formula is C20H22F2N2O2S. The average Bonchev–Trinajstić information content (AvgIpc) is 2.68. The maximum absolute atomic E-state index is 13.2. The van der Waals surface area contributed by atoms with Gasteiger partial charge in [0.1, 0.15) is 0 Å². The van der Waals surface area contributed by atoms with Gasteiger partial charge in [-0.1, -0.05) is 30.3 Å². The fourth-order valence-electron chi connectivity index (χ4n) is 2.88. The topological polar surface area (TPSA) is 41.6 Å². The van der Waals surface area contributed by atoms with E-state index in [0.717, 1.165) is 31.8 Å². The van der Waals surface area contributed by atoms with Gasteiger partial charge in [0, 0.05) is 31.1 Å². The molecule has 2 aromatic rings. The highest BCUT2D eigenvalue weighted by atomic mass is 32.2. The third kappa shape index (κ3) is 6.30. The number of thioether (sulfide) groups is 1. The van der Waals surface area contributed by atoms with Crippen LogP contribution >= 0.6 is 11.8 Å². The predicted molar refractivity (Wildman–Crippen MR) is 102 cm³/mol. The molecule has 0 aromatic heterocycles. The summed E-state index contributed by atoms with van der Waals surface area (Å²) in [5.41, 5.74) is 1.25. The molecule has 0 aliphatic carbocycles. The molecule has 3 rings (SSSR count). The number of halogens is 2. The van der Waals surface area contributed by atoms with Gasteiger partial charge in [-0.05, 0) is 23.8 Å². The van der Waals surface area contributed by atoms with Crippen molar-refractivity contribution in [2.24, 2.45) is 0 Å². The highest BCUT2D eigenvalue weighted by Gasteiger charge is 2.21. The summed E-state index contributed by atoms with van der Waals surface area (Å²) in [6.07, 6.45) is -0.0559. The second kappa shape index (κ2) is 9.82. The Morgan fingerprint density at radius 3 is 2.78 bits per heavy atom. The van der Waals surface area contributed by atoms with E-state index in [1.165, 1.54) is 23.4 Å². The zero-order valence-electron chi connectivity index (χ0n) is 14.9. The molecule has 1 fully saturated rings. The summed E-state index contributed by atoms with van der Waals surface area (Å²) in [7, 11) is 0. The molecule has 1 amide bonds. The number of carbonyl (C=O) groups excluding carboxylic acids is 1. The van der Waals surface area contributed by atoms with E-state index in [4.69, 9.17) is 4.74 Å². The number of ether oxygens (including phenoxy) is 1. The Labute approximate surface area is 161 Å². The summed E-state index contributed by atoms with van der Waals surface area (Å²) in [6.45, 7) is 3.55. The van der Waals surface area contributed by atoms with Gasteiger partial charge in [0.2, 0.25) is 5.91 Å². The van der Waals surface area contributed by atoms with Crippen LogP contribution in [-0.4, -0.2) is 48.9 Å². The van der Waals surface area contributed by atoms with E-state index in [2.05, 4.69) is 22.3 Å². The van der Waals surface area contributed by atoms with Crippen molar-refractivity contribution >= 4 is 17.7 Å². The molecule has 1 saturated heterocycles. The quantitative estimate of drug-likeness (QED) is 0.736. The Hall–Kier alpha value is -1.96. The fourth-order valence-corrected chi connectivity index (χ4v) is 3.63. The Kier molecular flexibility index (Phi) is 7.20. The van der Waals surface area contributed by atoms with Crippen molar-refractivity contribution < 1.29 is 18.3 Å². The summed E-state index contributed by atoms with van der Waals surface area (Å²) >= 11 is 1.17. The molecule has 4 nitrogen and oxygen atoms in total. The highest BCUT2D eigenvalue weighted by molar-refractivity contribution is 8.00. The van der Waals surface area contributed by atoms with Crippen LogP contribution in [0.4, 0.5) is 8.78 Å². The number of rotatable bonds is 7. The van der Waals surface area contributed by atoms with E-state index in [1.54, 1.807) is 0 Å². The van der Waals surface area contributed by atoms with Gasteiger partial charge in [-0.2, -0.15) is 0 Å². The van der Waals surface area contributed by atoms with Crippen LogP contribution in [-0.2, 0) is 16.1 Å². The lowest BCUT2D eigenvalue weighted by molar-refractivity contribution is -0.119. The molecule has 0 saturated carbocycles. The molecule has 7 heteroatoms. The van der Waals surface area contributed by atoms with E-state index in [-0.39, 0.29) is 17.8 Å². The van der Waals surface area contributed by atoms with Gasteiger partial charge < -0.3 is 10.1 Å². The average molecular weight is 392 g/mol. The number of hydrogen-bond donors (Lipinski definition) is 1. The summed E-state index contributed by atoms with van der Waals surface area (Å²) in [5.74, 6) is -1.81. The van der Waals surface area contributed by atoms with Gasteiger partial charge in [-0.3, -0.25) is 9.69 Å². The number of nitrogens with zero attached hydrogens (tertiary/aromatic N) is 1. The Morgan fingerprint density at radius 2 is 2.00 bits per heavy atom. The van der Waals surface area contributed by atoms with Crippen molar-refractivity contribution in [2.75, 3.05) is 32.0 Å². The number of morpholine rings is 1. The van der Waals surface area contributed by atoms with E-state index < -0.39 is 11.6 Å². The largest absolute Gasteiger partial charge is 0.374 e. The summed E-state index contributed by atoms with van der Waals surface area (Å²) in [4.78, 5) is 14.8. The van der Waals surface area contributed by atoms with Crippen LogP contribution in [0.2, 0.25) is 0 Å². The third-order valence-corrected chi connectivity index (χ3v) is 5.25. The van der Waals surface area contributed by atoms with E-state index >= 15 is 0 Å². The van der Waals surface area contributed by atoms with Crippen LogP contribution in [0.3, 0.4) is 0 Å². The van der Waals surface area contributed by atoms with Crippen molar-refractivity contribution in [3.05, 3.63) is 65.7 Å². The molecule has 1 aliphatic heterocycles. The lowest BCUT2D eigenvalue weighted by Crippen LogP contribution is -2.47. The number of nitrogens with one attached hydrogen (secondary N) is 1. The summed E-state index contributed by atoms with van der Waals surface area (Å²) in [6, 6.07) is 13.9. The van der Waals surface area contributed by atoms with Crippen molar-refractivity contribution in [3.63, 3.8) is 0 Å². The second-order valence-electron chi connectivity index (χ2n) is 6.38. The fraction of sp³-hybridized carbons (Fsp3) is 0.350. The minimum Gasteiger partial charge on any atom is -0.374 e. The maximum atomic E-state index is 13.2. The predicted octanol–water partition coefficient (Wildman–Crippen LogP) is 3.07. The van der Waals surface area contributed by atoms with Crippen molar-refractivity contribution in [3.8, 4) is 0 Å². The van der Waals surface area contributed by atoms with Crippen LogP contribution in [0.5, 0.6) is 0 Å². The Morgan fingerprint density at radius 1 is 1.19 bits per heavy atom. The van der Waals surface area contributed by atoms with Crippen LogP contribution < -0.4 is 5.32 Å². The molecular weight excluding hydrogens is 370 g/mol. The molecule has 0 bridgehead atoms. The number of amides is 1. The first-order valence-electron chi connectivity index (χ1n) is 8.82. The van der Waals surface area contributed by atoms with E-state index in [9.17, 15) is 13.6 Å². The molecule has 2 aromatic carbocycles. The summed E-state index contributed by atoms with van der Waals surface area (Å²) < 4.78 is 31.8. The van der Waals surface area contributed by atoms with Gasteiger partial charge in [-0.15, -0.1) is 11.8 Å². The van der Waals surface area contributed by atoms with Crippen molar-refractivity contribution in [1.82, 2.24) is 10.2 Å². The third-order valence-electron chi connectivity index (χ3n) is 4.26. The van der Waals surface area contributed by atoms with Gasteiger partial charge in [0.15, 0.2) is 11.6 Å². The van der Waals surface area contributed by atoms with E-state index in [0.29, 0.717) is 18.0 Å². The molecule has 27 heavy (non-hydrogen) atoms. The van der Waals surface area contributed by atoms with Gasteiger partial charge in [0.05, 0.1) is 18.5 Å². The monoisotopic (exact) mass is 392 g/mol. The van der Waals surface area contributed by atoms with Gasteiger partial charge in [0.25, 0.3) is 0 Å². The number of benzene rings is 2. The SMILES string of the molecule is O=C(CSc1ccc(F)c(F)c1)NCC1CN(Cc2ccccc2)CCO1. The molecule has 1 N–H and O–H groups in total. The molecule has 0 spiro atoms. The Balaban J connectivity index is 1.39. The van der Waals surface area contributed by atoms with E-state index in [1.807, 2.05) is 18.2 Å². The minimum absolute atomic E-state index is 0.0559. The van der Waals surface area contributed by atoms with Gasteiger partial charge >= 0.3 is 0 Å². The number of carbonyl (C=O) groups is 1. The second-order valence-corrected chi connectivity index (χ2v) is 7.43. The standard InChI is InChI=1S/C20H22F2N2O2S/c21-18-7-6-17(10-19(18)22)27-14-20(25)23-11-16-13-24(8-9-26-16)12-15-4-2-1-3-5-15/h1-7,10,16H,8-9,11-14H2,(H,23,25). The lowest BCUT2D eigenvalue weighted by Gasteiger charge is -2.33. The molecule has 144 valence electrons. The molecule has 1 atom stereocenters. The Bertz CT molecular complexity index is 761. The highest BCUT2D eigenvalue weighted by Crippen LogP contribution is 2.20. The lowest BCUT2D eigenvalue weighted by atomic mass is 10.2. The van der Waals surface area contributed by atoms with Crippen molar-refractivity contribution in [1.29, 1.82) is 0 Å². The first-order chi connectivity index (χ1) is 13.1. The van der Waals surface area contributed by atoms with Crippen LogP contribution in [0.15, 0.2) is 53.4 Å². The first kappa shape index (κ1) is 19.8. The first-order valence-corrected chi connectivity index (χ1v) is 9.81. The van der Waals surface area contributed by atoms with Gasteiger partial charge in [-0.25, -0.2) is 8.78 Å². The smallest absolute Gasteiger partial charge is 0.230 e. The maximum Gasteiger partial charge on any atom is 0.230 e. The molecule has 1 heterocycles. The molecule has 0 radical (unpaired) electrons. The molecule has 1 unspecified atom stereocenters. The zero-order valence-corrected chi connectivity index (χ0v) is 15.7. The van der Waals surface area contributed by atoms with Crippen molar-refractivity contribution in [2.45, 2.75) is 17.5 Å². The number of hydrogen-bond acceptors (Lipinski definition) is 4. The normalized spacial score (nSPS) is 17.6. The van der Waals surface area contributed by atoms with Crippen LogP contribution in [0, 0.1) is 11.6 Å². The van der Waals surface area contributed by atoms with Crippen LogP contribution in [0.1, 0.15) is 5.56 Å². The zero-order chi connectivity index (χ0) is 19.1. The summed E-state index contributed by atoms with van der Waals surface area (Å²) in [5, 5.41) is 2.85. The molecule has 1 aliphatic rings. The van der Waals surface area contributed by atoms with Crippen LogP contribution in [0.25, 0.3) is 0 Å².